The van der Waals surface area contributed by atoms with Gasteiger partial charge in [-0.2, -0.15) is 38.1 Å². The predicted octanol–water partition coefficient (Wildman–Crippen LogP) is 4.86. The SMILES string of the molecule is CSCC(=O)NCc1ccc(NC[C@@](O)(c2cccc(C(F)(F)F)c2)C(F)(F)F)cc1C. The number of hydrogen-bond acceptors (Lipinski definition) is 4. The average molecular weight is 480 g/mol. The summed E-state index contributed by atoms with van der Waals surface area (Å²) in [6.07, 6.45) is -8.30. The number of benzene rings is 2. The van der Waals surface area contributed by atoms with Crippen molar-refractivity contribution in [2.24, 2.45) is 0 Å². The highest BCUT2D eigenvalue weighted by Crippen LogP contribution is 2.41. The number of carbonyl (C=O) groups is 1. The molecule has 32 heavy (non-hydrogen) atoms. The fourth-order valence-electron chi connectivity index (χ4n) is 2.93. The molecule has 0 heterocycles. The third-order valence-electron chi connectivity index (χ3n) is 4.78. The van der Waals surface area contributed by atoms with Gasteiger partial charge in [0.1, 0.15) is 0 Å². The molecule has 1 amide bonds. The lowest BCUT2D eigenvalue weighted by Crippen LogP contribution is -2.48. The van der Waals surface area contributed by atoms with Crippen LogP contribution in [0.25, 0.3) is 0 Å². The van der Waals surface area contributed by atoms with Crippen molar-refractivity contribution in [3.63, 3.8) is 0 Å². The summed E-state index contributed by atoms with van der Waals surface area (Å²) in [5, 5.41) is 15.6. The molecule has 0 saturated heterocycles. The zero-order chi connectivity index (χ0) is 24.2. The molecule has 2 aromatic rings. The number of carbonyl (C=O) groups excluding carboxylic acids is 1. The Hall–Kier alpha value is -2.40. The summed E-state index contributed by atoms with van der Waals surface area (Å²) >= 11 is 1.36. The Bertz CT molecular complexity index is 949. The van der Waals surface area contributed by atoms with Crippen LogP contribution in [0.3, 0.4) is 0 Å². The fourth-order valence-corrected chi connectivity index (χ4v) is 3.29. The molecule has 2 rings (SSSR count). The van der Waals surface area contributed by atoms with Crippen LogP contribution in [-0.4, -0.2) is 35.7 Å². The molecule has 4 nitrogen and oxygen atoms in total. The first-order valence-corrected chi connectivity index (χ1v) is 10.7. The van der Waals surface area contributed by atoms with Crippen LogP contribution in [0.5, 0.6) is 0 Å². The molecule has 0 saturated carbocycles. The molecule has 3 N–H and O–H groups in total. The number of thioether (sulfide) groups is 1. The van der Waals surface area contributed by atoms with Gasteiger partial charge in [0, 0.05) is 12.2 Å². The van der Waals surface area contributed by atoms with Gasteiger partial charge in [-0.1, -0.05) is 18.2 Å². The van der Waals surface area contributed by atoms with Gasteiger partial charge in [-0.15, -0.1) is 0 Å². The van der Waals surface area contributed by atoms with E-state index in [1.807, 2.05) is 0 Å². The van der Waals surface area contributed by atoms with Gasteiger partial charge in [-0.25, -0.2) is 0 Å². The van der Waals surface area contributed by atoms with Gasteiger partial charge in [0.05, 0.1) is 17.9 Å². The molecule has 0 radical (unpaired) electrons. The highest BCUT2D eigenvalue weighted by atomic mass is 32.2. The first-order valence-electron chi connectivity index (χ1n) is 9.34. The smallest absolute Gasteiger partial charge is 0.381 e. The third kappa shape index (κ3) is 6.32. The minimum Gasteiger partial charge on any atom is -0.381 e. The maximum atomic E-state index is 13.7. The van der Waals surface area contributed by atoms with E-state index in [9.17, 15) is 36.2 Å². The Kier molecular flexibility index (Phi) is 8.11. The van der Waals surface area contributed by atoms with E-state index in [0.717, 1.165) is 17.7 Å². The normalized spacial score (nSPS) is 14.0. The van der Waals surface area contributed by atoms with Crippen molar-refractivity contribution in [3.05, 3.63) is 64.7 Å². The maximum absolute atomic E-state index is 13.7. The molecule has 0 unspecified atom stereocenters. The van der Waals surface area contributed by atoms with E-state index in [1.54, 1.807) is 19.2 Å². The number of amides is 1. The standard InChI is InChI=1S/C21H22F6N2O2S/c1-13-8-17(7-6-14(13)10-28-18(30)11-32-2)29-12-19(31,21(25,26)27)15-4-3-5-16(9-15)20(22,23)24/h3-9,29,31H,10-12H2,1-2H3,(H,28,30)/t19-/m1/s1. The number of halogens is 6. The summed E-state index contributed by atoms with van der Waals surface area (Å²) in [5.41, 5.74) is -4.11. The summed E-state index contributed by atoms with van der Waals surface area (Å²) in [5.74, 6) is 0.139. The second-order valence-corrected chi connectivity index (χ2v) is 8.01. The molecule has 0 aliphatic carbocycles. The number of aryl methyl sites for hydroxylation is 1. The van der Waals surface area contributed by atoms with E-state index >= 15 is 0 Å². The molecule has 0 aliphatic rings. The summed E-state index contributed by atoms with van der Waals surface area (Å²) in [7, 11) is 0. The molecule has 0 spiro atoms. The number of alkyl halides is 6. The topological polar surface area (TPSA) is 61.4 Å². The number of anilines is 1. The van der Waals surface area contributed by atoms with Crippen LogP contribution in [0.2, 0.25) is 0 Å². The van der Waals surface area contributed by atoms with Gasteiger partial charge in [0.15, 0.2) is 0 Å². The van der Waals surface area contributed by atoms with Gasteiger partial charge < -0.3 is 15.7 Å². The number of rotatable bonds is 8. The Labute approximate surface area is 185 Å². The monoisotopic (exact) mass is 480 g/mol. The van der Waals surface area contributed by atoms with Crippen molar-refractivity contribution in [3.8, 4) is 0 Å². The average Bonchev–Trinajstić information content (AvgIpc) is 2.70. The summed E-state index contributed by atoms with van der Waals surface area (Å²) in [4.78, 5) is 11.6. The lowest BCUT2D eigenvalue weighted by molar-refractivity contribution is -0.260. The molecule has 176 valence electrons. The molecule has 0 fully saturated rings. The number of nitrogens with one attached hydrogen (secondary N) is 2. The lowest BCUT2D eigenvalue weighted by Gasteiger charge is -2.32. The van der Waals surface area contributed by atoms with Crippen molar-refractivity contribution >= 4 is 23.4 Å². The molecule has 0 bridgehead atoms. The molecule has 11 heteroatoms. The van der Waals surface area contributed by atoms with Gasteiger partial charge >= 0.3 is 12.4 Å². The molecule has 0 aromatic heterocycles. The second-order valence-electron chi connectivity index (χ2n) is 7.14. The van der Waals surface area contributed by atoms with Gasteiger partial charge in [0.2, 0.25) is 11.5 Å². The van der Waals surface area contributed by atoms with Crippen LogP contribution in [0.15, 0.2) is 42.5 Å². The van der Waals surface area contributed by atoms with E-state index in [1.165, 1.54) is 23.9 Å². The van der Waals surface area contributed by atoms with Crippen molar-refractivity contribution < 1.29 is 36.2 Å². The first kappa shape index (κ1) is 25.9. The van der Waals surface area contributed by atoms with Crippen LogP contribution in [-0.2, 0) is 23.1 Å². The highest BCUT2D eigenvalue weighted by Gasteiger charge is 2.55. The molecule has 1 atom stereocenters. The zero-order valence-electron chi connectivity index (χ0n) is 17.2. The number of aliphatic hydroxyl groups is 1. The first-order chi connectivity index (χ1) is 14.8. The third-order valence-corrected chi connectivity index (χ3v) is 5.33. The Morgan fingerprint density at radius 3 is 2.25 bits per heavy atom. The second kappa shape index (κ2) is 10.0. The van der Waals surface area contributed by atoms with Gasteiger partial charge in [-0.3, -0.25) is 4.79 Å². The minimum atomic E-state index is -5.24. The summed E-state index contributed by atoms with van der Waals surface area (Å²) in [6.45, 7) is 0.841. The van der Waals surface area contributed by atoms with Crippen LogP contribution >= 0.6 is 11.8 Å². The molecular formula is C21H22F6N2O2S. The molecule has 2 aromatic carbocycles. The van der Waals surface area contributed by atoms with E-state index in [4.69, 9.17) is 0 Å². The Morgan fingerprint density at radius 2 is 1.69 bits per heavy atom. The quantitative estimate of drug-likeness (QED) is 0.473. The van der Waals surface area contributed by atoms with E-state index in [-0.39, 0.29) is 18.1 Å². The van der Waals surface area contributed by atoms with Gasteiger partial charge in [0.25, 0.3) is 0 Å². The minimum absolute atomic E-state index is 0.157. The van der Waals surface area contributed by atoms with Crippen molar-refractivity contribution in [1.82, 2.24) is 5.32 Å². The summed E-state index contributed by atoms with van der Waals surface area (Å²) < 4.78 is 79.9. The molecular weight excluding hydrogens is 458 g/mol. The van der Waals surface area contributed by atoms with Crippen LogP contribution < -0.4 is 10.6 Å². The van der Waals surface area contributed by atoms with E-state index < -0.39 is 35.6 Å². The van der Waals surface area contributed by atoms with Crippen LogP contribution in [0.1, 0.15) is 22.3 Å². The Balaban J connectivity index is 2.21. The van der Waals surface area contributed by atoms with Crippen molar-refractivity contribution in [2.45, 2.75) is 31.4 Å². The summed E-state index contributed by atoms with van der Waals surface area (Å²) in [6, 6.07) is 7.14. The van der Waals surface area contributed by atoms with Crippen molar-refractivity contribution in [2.75, 3.05) is 23.9 Å². The maximum Gasteiger partial charge on any atom is 0.423 e. The zero-order valence-corrected chi connectivity index (χ0v) is 18.0. The Morgan fingerprint density at radius 1 is 1.03 bits per heavy atom. The number of hydrogen-bond donors (Lipinski definition) is 3. The fraction of sp³-hybridized carbons (Fsp3) is 0.381. The van der Waals surface area contributed by atoms with Crippen molar-refractivity contribution in [1.29, 1.82) is 0 Å². The molecule has 0 aliphatic heterocycles. The highest BCUT2D eigenvalue weighted by molar-refractivity contribution is 7.99. The van der Waals surface area contributed by atoms with Crippen LogP contribution in [0.4, 0.5) is 32.0 Å². The van der Waals surface area contributed by atoms with Crippen LogP contribution in [0, 0.1) is 6.92 Å². The largest absolute Gasteiger partial charge is 0.423 e. The van der Waals surface area contributed by atoms with E-state index in [2.05, 4.69) is 10.6 Å². The predicted molar refractivity (Wildman–Crippen MR) is 111 cm³/mol. The lowest BCUT2D eigenvalue weighted by atomic mass is 9.91. The van der Waals surface area contributed by atoms with E-state index in [0.29, 0.717) is 23.4 Å². The van der Waals surface area contributed by atoms with Gasteiger partial charge in [-0.05, 0) is 54.1 Å².